The van der Waals surface area contributed by atoms with Crippen LogP contribution in [0.3, 0.4) is 0 Å². The number of nitrogens with zero attached hydrogens (tertiary/aromatic N) is 1. The molecule has 130 valence electrons. The molecule has 4 N–H and O–H groups in total. The zero-order valence-electron chi connectivity index (χ0n) is 12.8. The van der Waals surface area contributed by atoms with Crippen LogP contribution in [0.4, 0.5) is 8.78 Å². The average Bonchev–Trinajstić information content (AvgIpc) is 3.00. The summed E-state index contributed by atoms with van der Waals surface area (Å²) in [5.74, 6) is -2.87. The Morgan fingerprint density at radius 1 is 1.08 bits per heavy atom. The summed E-state index contributed by atoms with van der Waals surface area (Å²) < 4.78 is 33.3. The molecular weight excluding hydrogens is 352 g/mol. The van der Waals surface area contributed by atoms with E-state index in [1.165, 1.54) is 6.07 Å². The fourth-order valence-electron chi connectivity index (χ4n) is 2.28. The maximum atomic E-state index is 13.9. The van der Waals surface area contributed by atoms with Gasteiger partial charge in [-0.2, -0.15) is 0 Å². The highest BCUT2D eigenvalue weighted by Gasteiger charge is 2.24. The zero-order valence-corrected chi connectivity index (χ0v) is 13.6. The number of aromatic nitrogens is 1. The van der Waals surface area contributed by atoms with Crippen molar-refractivity contribution in [2.75, 3.05) is 0 Å². The van der Waals surface area contributed by atoms with Crippen molar-refractivity contribution in [3.8, 4) is 22.8 Å². The lowest BCUT2D eigenvalue weighted by Crippen LogP contribution is -2.12. The van der Waals surface area contributed by atoms with Gasteiger partial charge in [-0.15, -0.1) is 12.4 Å². The first-order valence-corrected chi connectivity index (χ1v) is 7.05. The largest absolute Gasteiger partial charge is 0.435 e. The molecule has 3 aromatic rings. The molecule has 0 radical (unpaired) electrons. The van der Waals surface area contributed by atoms with Gasteiger partial charge in [0, 0.05) is 12.1 Å². The number of hydrogen-bond acceptors (Lipinski definition) is 4. The van der Waals surface area contributed by atoms with Crippen LogP contribution in [0.15, 0.2) is 46.9 Å². The van der Waals surface area contributed by atoms with Crippen molar-refractivity contribution in [3.05, 3.63) is 65.4 Å². The molecule has 2 aromatic carbocycles. The van der Waals surface area contributed by atoms with Crippen LogP contribution >= 0.6 is 12.4 Å². The van der Waals surface area contributed by atoms with Crippen molar-refractivity contribution in [3.63, 3.8) is 0 Å². The standard InChI is InChI=1S/C17H13F2N3O2.ClH/c18-11-2-1-3-12(19)13(11)17-22-14(16(21)23)15(24-17)10-6-4-9(8-20)5-7-10;/h1-7H,8,20H2,(H2,21,23);1H. The molecule has 1 heterocycles. The maximum Gasteiger partial charge on any atom is 0.271 e. The number of halogens is 3. The first-order valence-electron chi connectivity index (χ1n) is 7.05. The minimum Gasteiger partial charge on any atom is -0.435 e. The molecule has 8 heteroatoms. The highest BCUT2D eigenvalue weighted by Crippen LogP contribution is 2.32. The van der Waals surface area contributed by atoms with Crippen molar-refractivity contribution < 1.29 is 18.0 Å². The predicted octanol–water partition coefficient (Wildman–Crippen LogP) is 3.27. The maximum absolute atomic E-state index is 13.9. The van der Waals surface area contributed by atoms with Gasteiger partial charge < -0.3 is 15.9 Å². The molecule has 0 atom stereocenters. The molecule has 0 saturated carbocycles. The third kappa shape index (κ3) is 3.52. The number of nitrogens with two attached hydrogens (primary N) is 2. The van der Waals surface area contributed by atoms with E-state index in [0.717, 1.165) is 17.7 Å². The van der Waals surface area contributed by atoms with E-state index in [1.807, 2.05) is 0 Å². The van der Waals surface area contributed by atoms with E-state index in [0.29, 0.717) is 12.1 Å². The predicted molar refractivity (Wildman–Crippen MR) is 90.9 cm³/mol. The molecule has 0 fully saturated rings. The second kappa shape index (κ2) is 7.42. The number of carbonyl (C=O) groups excluding carboxylic acids is 1. The highest BCUT2D eigenvalue weighted by molar-refractivity contribution is 5.97. The van der Waals surface area contributed by atoms with E-state index in [4.69, 9.17) is 15.9 Å². The number of benzene rings is 2. The van der Waals surface area contributed by atoms with Gasteiger partial charge >= 0.3 is 0 Å². The molecule has 5 nitrogen and oxygen atoms in total. The first-order chi connectivity index (χ1) is 11.5. The van der Waals surface area contributed by atoms with Crippen molar-refractivity contribution in [1.29, 1.82) is 0 Å². The van der Waals surface area contributed by atoms with Gasteiger partial charge in [0.25, 0.3) is 5.91 Å². The minimum absolute atomic E-state index is 0. The normalized spacial score (nSPS) is 10.4. The minimum atomic E-state index is -0.861. The molecule has 25 heavy (non-hydrogen) atoms. The quantitative estimate of drug-likeness (QED) is 0.741. The van der Waals surface area contributed by atoms with Gasteiger partial charge in [-0.25, -0.2) is 13.8 Å². The Morgan fingerprint density at radius 3 is 2.20 bits per heavy atom. The van der Waals surface area contributed by atoms with Crippen LogP contribution in [0, 0.1) is 11.6 Å². The summed E-state index contributed by atoms with van der Waals surface area (Å²) in [5.41, 5.74) is 11.6. The molecule has 0 spiro atoms. The Kier molecular flexibility index (Phi) is 5.51. The van der Waals surface area contributed by atoms with Gasteiger partial charge in [0.05, 0.1) is 0 Å². The van der Waals surface area contributed by atoms with Crippen molar-refractivity contribution in [1.82, 2.24) is 4.98 Å². The Morgan fingerprint density at radius 2 is 1.68 bits per heavy atom. The second-order valence-electron chi connectivity index (χ2n) is 5.06. The van der Waals surface area contributed by atoms with Gasteiger partial charge in [0.1, 0.15) is 17.2 Å². The Balaban J connectivity index is 0.00000225. The SMILES string of the molecule is Cl.NCc1ccc(-c2oc(-c3c(F)cccc3F)nc2C(N)=O)cc1. The van der Waals surface area contributed by atoms with E-state index in [9.17, 15) is 13.6 Å². The van der Waals surface area contributed by atoms with Gasteiger partial charge in [-0.05, 0) is 17.7 Å². The lowest BCUT2D eigenvalue weighted by atomic mass is 10.1. The van der Waals surface area contributed by atoms with Crippen LogP contribution in [0.5, 0.6) is 0 Å². The summed E-state index contributed by atoms with van der Waals surface area (Å²) in [6.45, 7) is 0.352. The van der Waals surface area contributed by atoms with E-state index in [2.05, 4.69) is 4.98 Å². The summed E-state index contributed by atoms with van der Waals surface area (Å²) in [4.78, 5) is 15.5. The summed E-state index contributed by atoms with van der Waals surface area (Å²) in [5, 5.41) is 0. The third-order valence-corrected chi connectivity index (χ3v) is 3.49. The lowest BCUT2D eigenvalue weighted by Gasteiger charge is -2.01. The Bertz CT molecular complexity index is 891. The molecule has 3 rings (SSSR count). The van der Waals surface area contributed by atoms with Gasteiger partial charge in [0.15, 0.2) is 11.5 Å². The molecule has 0 bridgehead atoms. The van der Waals surface area contributed by atoms with Crippen LogP contribution in [-0.2, 0) is 6.54 Å². The molecule has 0 unspecified atom stereocenters. The van der Waals surface area contributed by atoms with Crippen molar-refractivity contribution >= 4 is 18.3 Å². The number of oxazole rings is 1. The second-order valence-corrected chi connectivity index (χ2v) is 5.06. The Labute approximate surface area is 148 Å². The number of hydrogen-bond donors (Lipinski definition) is 2. The van der Waals surface area contributed by atoms with E-state index >= 15 is 0 Å². The fraction of sp³-hybridized carbons (Fsp3) is 0.0588. The lowest BCUT2D eigenvalue weighted by molar-refractivity contribution is 0.0996. The molecule has 0 saturated heterocycles. The average molecular weight is 366 g/mol. The first kappa shape index (κ1) is 18.6. The van der Waals surface area contributed by atoms with Crippen molar-refractivity contribution in [2.24, 2.45) is 11.5 Å². The summed E-state index contributed by atoms with van der Waals surface area (Å²) in [6, 6.07) is 10.2. The van der Waals surface area contributed by atoms with Crippen LogP contribution in [0.2, 0.25) is 0 Å². The number of primary amides is 1. The summed E-state index contributed by atoms with van der Waals surface area (Å²) >= 11 is 0. The molecule has 0 aliphatic carbocycles. The number of rotatable bonds is 4. The van der Waals surface area contributed by atoms with Gasteiger partial charge in [-0.1, -0.05) is 30.3 Å². The van der Waals surface area contributed by atoms with E-state index in [1.54, 1.807) is 24.3 Å². The topological polar surface area (TPSA) is 95.1 Å². The molecule has 0 aliphatic heterocycles. The monoisotopic (exact) mass is 365 g/mol. The summed E-state index contributed by atoms with van der Waals surface area (Å²) in [7, 11) is 0. The molecular formula is C17H14ClF2N3O2. The van der Waals surface area contributed by atoms with Gasteiger partial charge in [0.2, 0.25) is 5.89 Å². The van der Waals surface area contributed by atoms with Crippen molar-refractivity contribution in [2.45, 2.75) is 6.54 Å². The van der Waals surface area contributed by atoms with Crippen LogP contribution in [0.1, 0.15) is 16.1 Å². The molecule has 1 aromatic heterocycles. The smallest absolute Gasteiger partial charge is 0.271 e. The highest BCUT2D eigenvalue weighted by atomic mass is 35.5. The van der Waals surface area contributed by atoms with E-state index < -0.39 is 23.1 Å². The zero-order chi connectivity index (χ0) is 17.3. The van der Waals surface area contributed by atoms with Crippen LogP contribution in [-0.4, -0.2) is 10.9 Å². The van der Waals surface area contributed by atoms with Gasteiger partial charge in [-0.3, -0.25) is 4.79 Å². The number of amides is 1. The Hall–Kier alpha value is -2.77. The molecule has 1 amide bonds. The molecule has 0 aliphatic rings. The van der Waals surface area contributed by atoms with Crippen LogP contribution < -0.4 is 11.5 Å². The third-order valence-electron chi connectivity index (χ3n) is 3.49. The fourth-order valence-corrected chi connectivity index (χ4v) is 2.28. The number of carbonyl (C=O) groups is 1. The summed E-state index contributed by atoms with van der Waals surface area (Å²) in [6.07, 6.45) is 0. The van der Waals surface area contributed by atoms with Crippen LogP contribution in [0.25, 0.3) is 22.8 Å². The van der Waals surface area contributed by atoms with E-state index in [-0.39, 0.29) is 29.8 Å².